The number of anilines is 1. The van der Waals surface area contributed by atoms with Crippen LogP contribution < -0.4 is 5.73 Å². The van der Waals surface area contributed by atoms with Gasteiger partial charge in [-0.1, -0.05) is 22.8 Å². The van der Waals surface area contributed by atoms with Gasteiger partial charge in [-0.3, -0.25) is 10.1 Å². The van der Waals surface area contributed by atoms with Gasteiger partial charge in [-0.15, -0.1) is 0 Å². The third kappa shape index (κ3) is 1.83. The number of nitro benzene ring substituents is 1. The molecule has 0 saturated heterocycles. The van der Waals surface area contributed by atoms with Crippen LogP contribution in [0.1, 0.15) is 5.56 Å². The summed E-state index contributed by atoms with van der Waals surface area (Å²) in [6.07, 6.45) is 0. The Morgan fingerprint density at radius 2 is 2.24 bits per heavy atom. The van der Waals surface area contributed by atoms with Gasteiger partial charge in [0.15, 0.2) is 11.6 Å². The first-order chi connectivity index (χ1) is 8.02. The summed E-state index contributed by atoms with van der Waals surface area (Å²) in [7, 11) is 0. The highest BCUT2D eigenvalue weighted by molar-refractivity contribution is 6.33. The zero-order chi connectivity index (χ0) is 12.6. The molecule has 0 aliphatic heterocycles. The second-order valence-electron chi connectivity index (χ2n) is 3.41. The van der Waals surface area contributed by atoms with Crippen LogP contribution in [0.4, 0.5) is 11.5 Å². The maximum Gasteiger partial charge on any atom is 0.281 e. The predicted octanol–water partition coefficient (Wildman–Crippen LogP) is 2.79. The summed E-state index contributed by atoms with van der Waals surface area (Å²) >= 11 is 5.96. The van der Waals surface area contributed by atoms with Gasteiger partial charge in [-0.25, -0.2) is 0 Å². The number of hydrogen-bond acceptors (Lipinski definition) is 5. The van der Waals surface area contributed by atoms with Crippen molar-refractivity contribution in [3.8, 4) is 11.3 Å². The molecule has 0 saturated carbocycles. The summed E-state index contributed by atoms with van der Waals surface area (Å²) in [4.78, 5) is 10.4. The Morgan fingerprint density at radius 1 is 1.53 bits per heavy atom. The lowest BCUT2D eigenvalue weighted by atomic mass is 10.1. The van der Waals surface area contributed by atoms with Crippen molar-refractivity contribution in [1.82, 2.24) is 5.16 Å². The second kappa shape index (κ2) is 4.06. The first kappa shape index (κ1) is 11.4. The lowest BCUT2D eigenvalue weighted by Crippen LogP contribution is -1.93. The zero-order valence-electron chi connectivity index (χ0n) is 8.81. The molecule has 0 amide bonds. The molecule has 1 aromatic carbocycles. The highest BCUT2D eigenvalue weighted by atomic mass is 35.5. The Kier molecular flexibility index (Phi) is 2.72. The molecular weight excluding hydrogens is 246 g/mol. The third-order valence-corrected chi connectivity index (χ3v) is 2.69. The van der Waals surface area contributed by atoms with Crippen LogP contribution in [0.15, 0.2) is 22.7 Å². The van der Waals surface area contributed by atoms with Crippen molar-refractivity contribution in [3.63, 3.8) is 0 Å². The van der Waals surface area contributed by atoms with E-state index in [1.165, 1.54) is 12.1 Å². The SMILES string of the molecule is Cc1c(N)noc1-c1c(Cl)cccc1[N+](=O)[O-]. The van der Waals surface area contributed by atoms with E-state index in [1.807, 2.05) is 0 Å². The first-order valence-electron chi connectivity index (χ1n) is 4.67. The van der Waals surface area contributed by atoms with E-state index in [9.17, 15) is 10.1 Å². The molecule has 1 aromatic heterocycles. The highest BCUT2D eigenvalue weighted by Crippen LogP contribution is 2.38. The smallest absolute Gasteiger partial charge is 0.281 e. The van der Waals surface area contributed by atoms with Crippen LogP contribution in [0.25, 0.3) is 11.3 Å². The monoisotopic (exact) mass is 253 g/mol. The summed E-state index contributed by atoms with van der Waals surface area (Å²) in [5.41, 5.74) is 6.12. The average molecular weight is 254 g/mol. The largest absolute Gasteiger partial charge is 0.381 e. The van der Waals surface area contributed by atoms with Gasteiger partial charge in [-0.2, -0.15) is 0 Å². The fraction of sp³-hybridized carbons (Fsp3) is 0.100. The molecule has 2 rings (SSSR count). The third-order valence-electron chi connectivity index (χ3n) is 2.38. The van der Waals surface area contributed by atoms with Gasteiger partial charge in [0.2, 0.25) is 0 Å². The van der Waals surface area contributed by atoms with E-state index >= 15 is 0 Å². The molecule has 0 spiro atoms. The van der Waals surface area contributed by atoms with E-state index in [2.05, 4.69) is 5.16 Å². The minimum Gasteiger partial charge on any atom is -0.381 e. The van der Waals surface area contributed by atoms with E-state index in [-0.39, 0.29) is 27.9 Å². The van der Waals surface area contributed by atoms with Crippen molar-refractivity contribution in [2.75, 3.05) is 5.73 Å². The molecule has 0 aliphatic carbocycles. The summed E-state index contributed by atoms with van der Waals surface area (Å²) in [5.74, 6) is 0.411. The Balaban J connectivity index is 2.74. The quantitative estimate of drug-likeness (QED) is 0.656. The maximum atomic E-state index is 10.9. The molecule has 88 valence electrons. The Bertz CT molecular complexity index is 594. The van der Waals surface area contributed by atoms with Crippen LogP contribution in [-0.2, 0) is 0 Å². The lowest BCUT2D eigenvalue weighted by molar-refractivity contribution is -0.384. The van der Waals surface area contributed by atoms with Crippen LogP contribution in [0.5, 0.6) is 0 Å². The summed E-state index contributed by atoms with van der Waals surface area (Å²) in [6.45, 7) is 1.66. The Morgan fingerprint density at radius 3 is 2.76 bits per heavy atom. The van der Waals surface area contributed by atoms with Gasteiger partial charge >= 0.3 is 0 Å². The van der Waals surface area contributed by atoms with Gasteiger partial charge in [0.05, 0.1) is 9.95 Å². The zero-order valence-corrected chi connectivity index (χ0v) is 9.56. The molecule has 2 aromatic rings. The lowest BCUT2D eigenvalue weighted by Gasteiger charge is -2.02. The van der Waals surface area contributed by atoms with Crippen LogP contribution >= 0.6 is 11.6 Å². The highest BCUT2D eigenvalue weighted by Gasteiger charge is 2.24. The van der Waals surface area contributed by atoms with Crippen molar-refractivity contribution >= 4 is 23.1 Å². The van der Waals surface area contributed by atoms with E-state index in [1.54, 1.807) is 13.0 Å². The number of nitrogens with zero attached hydrogens (tertiary/aromatic N) is 2. The normalized spacial score (nSPS) is 10.5. The predicted molar refractivity (Wildman–Crippen MR) is 62.8 cm³/mol. The van der Waals surface area contributed by atoms with Crippen LogP contribution in [-0.4, -0.2) is 10.1 Å². The molecular formula is C10H8ClN3O3. The first-order valence-corrected chi connectivity index (χ1v) is 5.05. The second-order valence-corrected chi connectivity index (χ2v) is 3.82. The van der Waals surface area contributed by atoms with Gasteiger partial charge in [0.25, 0.3) is 5.69 Å². The maximum absolute atomic E-state index is 10.9. The van der Waals surface area contributed by atoms with E-state index in [0.717, 1.165) is 0 Å². The number of hydrogen-bond donors (Lipinski definition) is 1. The van der Waals surface area contributed by atoms with E-state index in [0.29, 0.717) is 5.56 Å². The number of rotatable bonds is 2. The van der Waals surface area contributed by atoms with Crippen molar-refractivity contribution in [3.05, 3.63) is 38.9 Å². The summed E-state index contributed by atoms with van der Waals surface area (Å²) in [6, 6.07) is 4.39. The molecule has 0 atom stereocenters. The molecule has 0 bridgehead atoms. The van der Waals surface area contributed by atoms with Crippen molar-refractivity contribution in [1.29, 1.82) is 0 Å². The molecule has 0 radical (unpaired) electrons. The molecule has 0 aliphatic rings. The van der Waals surface area contributed by atoms with Gasteiger partial charge in [-0.05, 0) is 13.0 Å². The fourth-order valence-corrected chi connectivity index (χ4v) is 1.73. The van der Waals surface area contributed by atoms with Crippen LogP contribution in [0.2, 0.25) is 5.02 Å². The number of nitrogens with two attached hydrogens (primary N) is 1. The topological polar surface area (TPSA) is 95.2 Å². The minimum absolute atomic E-state index is 0.142. The Labute approximate surface area is 101 Å². The number of nitrogen functional groups attached to an aromatic ring is 1. The molecule has 0 fully saturated rings. The minimum atomic E-state index is -0.528. The van der Waals surface area contributed by atoms with Gasteiger partial charge in [0, 0.05) is 11.6 Å². The standard InChI is InChI=1S/C10H8ClN3O3/c1-5-9(17-13-10(5)12)8-6(11)3-2-4-7(8)14(15)16/h2-4H,1H3,(H2,12,13). The van der Waals surface area contributed by atoms with Crippen LogP contribution in [0, 0.1) is 17.0 Å². The molecule has 2 N–H and O–H groups in total. The van der Waals surface area contributed by atoms with Crippen molar-refractivity contribution in [2.24, 2.45) is 0 Å². The molecule has 17 heavy (non-hydrogen) atoms. The molecule has 7 heteroatoms. The Hall–Kier alpha value is -2.08. The molecule has 1 heterocycles. The number of nitro groups is 1. The molecule has 6 nitrogen and oxygen atoms in total. The fourth-order valence-electron chi connectivity index (χ4n) is 1.47. The van der Waals surface area contributed by atoms with Gasteiger partial charge in [0.1, 0.15) is 5.56 Å². The van der Waals surface area contributed by atoms with E-state index < -0.39 is 4.92 Å². The van der Waals surface area contributed by atoms with Crippen molar-refractivity contribution < 1.29 is 9.45 Å². The van der Waals surface area contributed by atoms with Crippen LogP contribution in [0.3, 0.4) is 0 Å². The molecule has 0 unspecified atom stereocenters. The van der Waals surface area contributed by atoms with Crippen molar-refractivity contribution in [2.45, 2.75) is 6.92 Å². The number of benzene rings is 1. The van der Waals surface area contributed by atoms with E-state index in [4.69, 9.17) is 21.9 Å². The number of halogens is 1. The average Bonchev–Trinajstić information content (AvgIpc) is 2.60. The summed E-state index contributed by atoms with van der Waals surface area (Å²) < 4.78 is 4.99. The van der Waals surface area contributed by atoms with Gasteiger partial charge < -0.3 is 10.3 Å². The summed E-state index contributed by atoms with van der Waals surface area (Å²) in [5, 5.41) is 14.7. The number of aromatic nitrogens is 1.